The van der Waals surface area contributed by atoms with Crippen LogP contribution in [0, 0.1) is 0 Å². The molecular weight excluding hydrogens is 290 g/mol. The second kappa shape index (κ2) is 5.41. The first-order valence-electron chi connectivity index (χ1n) is 6.17. The molecule has 0 atom stereocenters. The van der Waals surface area contributed by atoms with Gasteiger partial charge in [-0.05, 0) is 40.8 Å². The molecule has 21 heavy (non-hydrogen) atoms. The van der Waals surface area contributed by atoms with E-state index in [1.54, 1.807) is 30.0 Å². The number of halogens is 1. The highest BCUT2D eigenvalue weighted by atomic mass is 35.5. The molecule has 106 valence electrons. The van der Waals surface area contributed by atoms with E-state index in [4.69, 9.17) is 22.1 Å². The van der Waals surface area contributed by atoms with Gasteiger partial charge in [-0.15, -0.1) is 5.10 Å². The van der Waals surface area contributed by atoms with Crippen LogP contribution in [0.1, 0.15) is 0 Å². The molecule has 3 aromatic rings. The van der Waals surface area contributed by atoms with Gasteiger partial charge in [-0.25, -0.2) is 0 Å². The van der Waals surface area contributed by atoms with E-state index in [-0.39, 0.29) is 0 Å². The lowest BCUT2D eigenvalue weighted by molar-refractivity contribution is 0.414. The third-order valence-corrected chi connectivity index (χ3v) is 3.26. The summed E-state index contributed by atoms with van der Waals surface area (Å²) in [5.41, 5.74) is 7.99. The monoisotopic (exact) mass is 301 g/mol. The van der Waals surface area contributed by atoms with Crippen molar-refractivity contribution in [1.29, 1.82) is 0 Å². The smallest absolute Gasteiger partial charge is 0.189 e. The molecular formula is C14H12ClN5O. The van der Waals surface area contributed by atoms with E-state index in [1.165, 1.54) is 0 Å². The Kier molecular flexibility index (Phi) is 3.45. The highest BCUT2D eigenvalue weighted by molar-refractivity contribution is 6.31. The van der Waals surface area contributed by atoms with Crippen molar-refractivity contribution in [2.75, 3.05) is 12.8 Å². The number of nitrogens with zero attached hydrogens (tertiary/aromatic N) is 4. The van der Waals surface area contributed by atoms with Crippen molar-refractivity contribution in [2.45, 2.75) is 0 Å². The molecule has 0 aliphatic carbocycles. The standard InChI is InChI=1S/C14H12ClN5O/c1-21-11-4-2-3-10(8-11)20-14(17-18-19-20)12-7-9(15)5-6-13(12)16/h2-8H,16H2,1H3. The summed E-state index contributed by atoms with van der Waals surface area (Å²) in [7, 11) is 1.61. The highest BCUT2D eigenvalue weighted by Crippen LogP contribution is 2.28. The Morgan fingerprint density at radius 2 is 2.05 bits per heavy atom. The summed E-state index contributed by atoms with van der Waals surface area (Å²) in [5, 5.41) is 12.3. The largest absolute Gasteiger partial charge is 0.497 e. The third kappa shape index (κ3) is 2.53. The van der Waals surface area contributed by atoms with Crippen molar-refractivity contribution in [3.05, 3.63) is 47.5 Å². The van der Waals surface area contributed by atoms with Crippen molar-refractivity contribution in [2.24, 2.45) is 0 Å². The topological polar surface area (TPSA) is 78.8 Å². The zero-order chi connectivity index (χ0) is 14.8. The van der Waals surface area contributed by atoms with Gasteiger partial charge in [-0.3, -0.25) is 0 Å². The molecule has 0 spiro atoms. The fourth-order valence-corrected chi connectivity index (χ4v) is 2.17. The maximum absolute atomic E-state index is 6.03. The molecule has 2 N–H and O–H groups in total. The van der Waals surface area contributed by atoms with Gasteiger partial charge in [0.05, 0.1) is 12.8 Å². The van der Waals surface area contributed by atoms with Crippen LogP contribution in [-0.4, -0.2) is 27.3 Å². The van der Waals surface area contributed by atoms with Gasteiger partial charge in [-0.2, -0.15) is 4.68 Å². The molecule has 0 amide bonds. The van der Waals surface area contributed by atoms with Crippen LogP contribution in [-0.2, 0) is 0 Å². The minimum Gasteiger partial charge on any atom is -0.497 e. The average molecular weight is 302 g/mol. The van der Waals surface area contributed by atoms with Gasteiger partial charge in [0.2, 0.25) is 0 Å². The van der Waals surface area contributed by atoms with Gasteiger partial charge in [0.1, 0.15) is 5.75 Å². The lowest BCUT2D eigenvalue weighted by Gasteiger charge is -2.08. The molecule has 0 unspecified atom stereocenters. The molecule has 0 aliphatic rings. The fraction of sp³-hybridized carbons (Fsp3) is 0.0714. The number of ether oxygens (including phenoxy) is 1. The molecule has 0 saturated carbocycles. The second-order valence-corrected chi connectivity index (χ2v) is 4.78. The van der Waals surface area contributed by atoms with E-state index >= 15 is 0 Å². The number of hydrogen-bond acceptors (Lipinski definition) is 5. The Balaban J connectivity index is 2.14. The van der Waals surface area contributed by atoms with Gasteiger partial charge in [0, 0.05) is 22.3 Å². The maximum Gasteiger partial charge on any atom is 0.189 e. The zero-order valence-electron chi connectivity index (χ0n) is 11.2. The van der Waals surface area contributed by atoms with Crippen LogP contribution in [0.4, 0.5) is 5.69 Å². The van der Waals surface area contributed by atoms with E-state index in [0.717, 1.165) is 5.69 Å². The summed E-state index contributed by atoms with van der Waals surface area (Å²) in [6.45, 7) is 0. The molecule has 7 heteroatoms. The Morgan fingerprint density at radius 1 is 1.19 bits per heavy atom. The number of methoxy groups -OCH3 is 1. The Hall–Kier alpha value is -2.60. The van der Waals surface area contributed by atoms with Crippen molar-refractivity contribution in [3.8, 4) is 22.8 Å². The van der Waals surface area contributed by atoms with E-state index in [2.05, 4.69) is 15.5 Å². The summed E-state index contributed by atoms with van der Waals surface area (Å²) < 4.78 is 6.80. The summed E-state index contributed by atoms with van der Waals surface area (Å²) >= 11 is 6.03. The van der Waals surface area contributed by atoms with Crippen LogP contribution >= 0.6 is 11.6 Å². The number of anilines is 1. The lowest BCUT2D eigenvalue weighted by atomic mass is 10.1. The number of nitrogens with two attached hydrogens (primary N) is 1. The summed E-state index contributed by atoms with van der Waals surface area (Å²) in [6, 6.07) is 12.6. The zero-order valence-corrected chi connectivity index (χ0v) is 11.9. The van der Waals surface area contributed by atoms with Gasteiger partial charge in [0.25, 0.3) is 0 Å². The van der Waals surface area contributed by atoms with Crippen LogP contribution in [0.2, 0.25) is 5.02 Å². The van der Waals surface area contributed by atoms with Crippen molar-refractivity contribution < 1.29 is 4.74 Å². The third-order valence-electron chi connectivity index (χ3n) is 3.02. The first kappa shape index (κ1) is 13.4. The molecule has 1 aromatic heterocycles. The normalized spacial score (nSPS) is 10.6. The molecule has 6 nitrogen and oxygen atoms in total. The van der Waals surface area contributed by atoms with Crippen LogP contribution < -0.4 is 10.5 Å². The van der Waals surface area contributed by atoms with E-state index in [9.17, 15) is 0 Å². The van der Waals surface area contributed by atoms with Crippen LogP contribution in [0.15, 0.2) is 42.5 Å². The van der Waals surface area contributed by atoms with Crippen LogP contribution in [0.5, 0.6) is 5.75 Å². The number of aromatic nitrogens is 4. The lowest BCUT2D eigenvalue weighted by Crippen LogP contribution is -2.02. The van der Waals surface area contributed by atoms with Crippen molar-refractivity contribution in [3.63, 3.8) is 0 Å². The number of hydrogen-bond donors (Lipinski definition) is 1. The van der Waals surface area contributed by atoms with Crippen molar-refractivity contribution in [1.82, 2.24) is 20.2 Å². The van der Waals surface area contributed by atoms with Crippen LogP contribution in [0.3, 0.4) is 0 Å². The molecule has 0 aliphatic heterocycles. The molecule has 0 bridgehead atoms. The highest BCUT2D eigenvalue weighted by Gasteiger charge is 2.14. The molecule has 0 saturated heterocycles. The van der Waals surface area contributed by atoms with Gasteiger partial charge in [-0.1, -0.05) is 17.7 Å². The van der Waals surface area contributed by atoms with Gasteiger partial charge >= 0.3 is 0 Å². The average Bonchev–Trinajstić information content (AvgIpc) is 2.99. The minimum absolute atomic E-state index is 0.517. The summed E-state index contributed by atoms with van der Waals surface area (Å²) in [5.74, 6) is 1.23. The molecule has 1 heterocycles. The Morgan fingerprint density at radius 3 is 2.86 bits per heavy atom. The Labute approximate surface area is 126 Å². The number of tetrazole rings is 1. The van der Waals surface area contributed by atoms with E-state index in [1.807, 2.05) is 24.3 Å². The molecule has 3 rings (SSSR count). The predicted octanol–water partition coefficient (Wildman–Crippen LogP) is 2.57. The predicted molar refractivity (Wildman–Crippen MR) is 80.6 cm³/mol. The minimum atomic E-state index is 0.517. The Bertz CT molecular complexity index is 787. The molecule has 0 radical (unpaired) electrons. The molecule has 0 fully saturated rings. The SMILES string of the molecule is COc1cccc(-n2nnnc2-c2cc(Cl)ccc2N)c1. The van der Waals surface area contributed by atoms with E-state index in [0.29, 0.717) is 27.8 Å². The fourth-order valence-electron chi connectivity index (χ4n) is 1.99. The summed E-state index contributed by atoms with van der Waals surface area (Å²) in [4.78, 5) is 0. The summed E-state index contributed by atoms with van der Waals surface area (Å²) in [6.07, 6.45) is 0. The first-order chi connectivity index (χ1) is 10.2. The molecule has 2 aromatic carbocycles. The maximum atomic E-state index is 6.03. The first-order valence-corrected chi connectivity index (χ1v) is 6.55. The number of nitrogen functional groups attached to an aromatic ring is 1. The van der Waals surface area contributed by atoms with E-state index < -0.39 is 0 Å². The number of benzene rings is 2. The second-order valence-electron chi connectivity index (χ2n) is 4.35. The quantitative estimate of drug-likeness (QED) is 0.752. The number of rotatable bonds is 3. The van der Waals surface area contributed by atoms with Gasteiger partial charge in [0.15, 0.2) is 5.82 Å². The van der Waals surface area contributed by atoms with Crippen molar-refractivity contribution >= 4 is 17.3 Å². The van der Waals surface area contributed by atoms with Crippen LogP contribution in [0.25, 0.3) is 17.1 Å². The van der Waals surface area contributed by atoms with Gasteiger partial charge < -0.3 is 10.5 Å².